The van der Waals surface area contributed by atoms with Crippen LogP contribution in [0.4, 0.5) is 0 Å². The number of rotatable bonds is 6. The summed E-state index contributed by atoms with van der Waals surface area (Å²) in [7, 11) is 1.91. The summed E-state index contributed by atoms with van der Waals surface area (Å²) in [6, 6.07) is 2.29. The number of nitrogens with zero attached hydrogens (tertiary/aromatic N) is 2. The SMILES string of the molecule is CCOC(=O)C(C)CN(C)C(C)CC#N. The Bertz CT molecular complexity index is 235. The van der Waals surface area contributed by atoms with E-state index in [1.54, 1.807) is 6.92 Å². The minimum atomic E-state index is -0.173. The molecule has 0 fully saturated rings. The van der Waals surface area contributed by atoms with Gasteiger partial charge >= 0.3 is 5.97 Å². The molecule has 2 atom stereocenters. The van der Waals surface area contributed by atoms with Crippen LogP contribution in [0.3, 0.4) is 0 Å². The van der Waals surface area contributed by atoms with Gasteiger partial charge in [-0.15, -0.1) is 0 Å². The number of nitriles is 1. The average Bonchev–Trinajstić information content (AvgIpc) is 2.18. The fourth-order valence-electron chi connectivity index (χ4n) is 1.26. The minimum Gasteiger partial charge on any atom is -0.466 e. The Morgan fingerprint density at radius 1 is 1.53 bits per heavy atom. The summed E-state index contributed by atoms with van der Waals surface area (Å²) in [6.07, 6.45) is 0.478. The fourth-order valence-corrected chi connectivity index (χ4v) is 1.26. The van der Waals surface area contributed by atoms with Crippen molar-refractivity contribution in [2.75, 3.05) is 20.2 Å². The standard InChI is InChI=1S/C11H20N2O2/c1-5-15-11(14)9(2)8-13(4)10(3)6-7-12/h9-10H,5-6,8H2,1-4H3. The van der Waals surface area contributed by atoms with Crippen LogP contribution in [0.2, 0.25) is 0 Å². The highest BCUT2D eigenvalue weighted by molar-refractivity contribution is 5.72. The van der Waals surface area contributed by atoms with E-state index in [9.17, 15) is 4.79 Å². The maximum atomic E-state index is 11.3. The molecule has 0 bridgehead atoms. The van der Waals surface area contributed by atoms with Crippen LogP contribution in [0.1, 0.15) is 27.2 Å². The topological polar surface area (TPSA) is 53.3 Å². The molecule has 4 heteroatoms. The fraction of sp³-hybridized carbons (Fsp3) is 0.818. The number of hydrogen-bond acceptors (Lipinski definition) is 4. The van der Waals surface area contributed by atoms with E-state index in [2.05, 4.69) is 6.07 Å². The monoisotopic (exact) mass is 212 g/mol. The van der Waals surface area contributed by atoms with Crippen molar-refractivity contribution in [3.63, 3.8) is 0 Å². The Morgan fingerprint density at radius 2 is 2.13 bits per heavy atom. The van der Waals surface area contributed by atoms with Crippen molar-refractivity contribution >= 4 is 5.97 Å². The van der Waals surface area contributed by atoms with E-state index < -0.39 is 0 Å². The van der Waals surface area contributed by atoms with Crippen molar-refractivity contribution in [1.29, 1.82) is 5.26 Å². The van der Waals surface area contributed by atoms with Crippen molar-refractivity contribution in [1.82, 2.24) is 4.90 Å². The van der Waals surface area contributed by atoms with E-state index in [1.165, 1.54) is 0 Å². The second-order valence-electron chi connectivity index (χ2n) is 3.80. The first-order chi connectivity index (χ1) is 7.02. The van der Waals surface area contributed by atoms with Crippen LogP contribution in [0.15, 0.2) is 0 Å². The first kappa shape index (κ1) is 13.9. The smallest absolute Gasteiger partial charge is 0.309 e. The van der Waals surface area contributed by atoms with E-state index in [0.717, 1.165) is 0 Å². The third-order valence-electron chi connectivity index (χ3n) is 2.39. The van der Waals surface area contributed by atoms with Crippen molar-refractivity contribution in [2.45, 2.75) is 33.2 Å². The molecule has 0 aliphatic carbocycles. The zero-order chi connectivity index (χ0) is 11.8. The molecular formula is C11H20N2O2. The van der Waals surface area contributed by atoms with Crippen molar-refractivity contribution in [3.8, 4) is 6.07 Å². The summed E-state index contributed by atoms with van der Waals surface area (Å²) < 4.78 is 4.91. The Morgan fingerprint density at radius 3 is 2.60 bits per heavy atom. The zero-order valence-electron chi connectivity index (χ0n) is 9.99. The summed E-state index contributed by atoms with van der Waals surface area (Å²) in [6.45, 7) is 6.66. The zero-order valence-corrected chi connectivity index (χ0v) is 9.99. The molecule has 86 valence electrons. The van der Waals surface area contributed by atoms with E-state index in [0.29, 0.717) is 19.6 Å². The quantitative estimate of drug-likeness (QED) is 0.625. The van der Waals surface area contributed by atoms with Gasteiger partial charge in [-0.05, 0) is 20.9 Å². The second-order valence-corrected chi connectivity index (χ2v) is 3.80. The Kier molecular flexibility index (Phi) is 6.72. The molecule has 4 nitrogen and oxygen atoms in total. The van der Waals surface area contributed by atoms with Gasteiger partial charge in [-0.25, -0.2) is 0 Å². The predicted octanol–water partition coefficient (Wildman–Crippen LogP) is 1.42. The third kappa shape index (κ3) is 5.38. The van der Waals surface area contributed by atoms with E-state index in [-0.39, 0.29) is 17.9 Å². The van der Waals surface area contributed by atoms with Gasteiger partial charge in [0.15, 0.2) is 0 Å². The molecule has 0 saturated heterocycles. The predicted molar refractivity (Wildman–Crippen MR) is 58.1 cm³/mol. The molecule has 0 aliphatic heterocycles. The molecule has 0 amide bonds. The number of esters is 1. The summed E-state index contributed by atoms with van der Waals surface area (Å²) in [5.74, 6) is -0.315. The lowest BCUT2D eigenvalue weighted by Gasteiger charge is -2.24. The van der Waals surface area contributed by atoms with Gasteiger partial charge in [0.2, 0.25) is 0 Å². The van der Waals surface area contributed by atoms with E-state index in [4.69, 9.17) is 10.00 Å². The van der Waals surface area contributed by atoms with Gasteiger partial charge < -0.3 is 9.64 Å². The highest BCUT2D eigenvalue weighted by Gasteiger charge is 2.18. The molecule has 0 saturated carbocycles. The summed E-state index contributed by atoms with van der Waals surface area (Å²) in [5, 5.41) is 8.54. The molecule has 15 heavy (non-hydrogen) atoms. The Balaban J connectivity index is 4.00. The van der Waals surface area contributed by atoms with Crippen molar-refractivity contribution in [3.05, 3.63) is 0 Å². The minimum absolute atomic E-state index is 0.143. The number of carbonyl (C=O) groups excluding carboxylic acids is 1. The molecule has 0 radical (unpaired) electrons. The number of hydrogen-bond donors (Lipinski definition) is 0. The maximum absolute atomic E-state index is 11.3. The van der Waals surface area contributed by atoms with Crippen LogP contribution in [-0.2, 0) is 9.53 Å². The molecule has 2 unspecified atom stereocenters. The van der Waals surface area contributed by atoms with E-state index in [1.807, 2.05) is 25.8 Å². The lowest BCUT2D eigenvalue weighted by molar-refractivity contribution is -0.148. The Hall–Kier alpha value is -1.08. The number of carbonyl (C=O) groups is 1. The van der Waals surface area contributed by atoms with Crippen molar-refractivity contribution < 1.29 is 9.53 Å². The van der Waals surface area contributed by atoms with Gasteiger partial charge in [0.05, 0.1) is 25.0 Å². The van der Waals surface area contributed by atoms with Crippen LogP contribution in [0.5, 0.6) is 0 Å². The summed E-state index contributed by atoms with van der Waals surface area (Å²) >= 11 is 0. The van der Waals surface area contributed by atoms with Gasteiger partial charge in [-0.3, -0.25) is 4.79 Å². The first-order valence-corrected chi connectivity index (χ1v) is 5.26. The summed E-state index contributed by atoms with van der Waals surface area (Å²) in [5.41, 5.74) is 0. The average molecular weight is 212 g/mol. The third-order valence-corrected chi connectivity index (χ3v) is 2.39. The van der Waals surface area contributed by atoms with Crippen molar-refractivity contribution in [2.24, 2.45) is 5.92 Å². The first-order valence-electron chi connectivity index (χ1n) is 5.26. The second kappa shape index (κ2) is 7.24. The van der Waals surface area contributed by atoms with E-state index >= 15 is 0 Å². The largest absolute Gasteiger partial charge is 0.466 e. The normalized spacial score (nSPS) is 14.4. The molecule has 0 spiro atoms. The molecule has 0 aliphatic rings. The molecule has 0 heterocycles. The molecule has 0 aromatic heterocycles. The summed E-state index contributed by atoms with van der Waals surface area (Å²) in [4.78, 5) is 13.3. The molecule has 0 aromatic rings. The van der Waals surface area contributed by atoms with Crippen LogP contribution in [-0.4, -0.2) is 37.1 Å². The lowest BCUT2D eigenvalue weighted by Crippen LogP contribution is -2.35. The lowest BCUT2D eigenvalue weighted by atomic mass is 10.1. The van der Waals surface area contributed by atoms with Gasteiger partial charge in [0.1, 0.15) is 0 Å². The molecular weight excluding hydrogens is 192 g/mol. The van der Waals surface area contributed by atoms with Gasteiger partial charge in [0, 0.05) is 12.6 Å². The van der Waals surface area contributed by atoms with Gasteiger partial charge in [0.25, 0.3) is 0 Å². The van der Waals surface area contributed by atoms with Gasteiger partial charge in [-0.1, -0.05) is 6.92 Å². The van der Waals surface area contributed by atoms with Crippen LogP contribution in [0, 0.1) is 17.2 Å². The van der Waals surface area contributed by atoms with Crippen LogP contribution in [0.25, 0.3) is 0 Å². The highest BCUT2D eigenvalue weighted by Crippen LogP contribution is 2.06. The number of ether oxygens (including phenoxy) is 1. The Labute approximate surface area is 91.8 Å². The van der Waals surface area contributed by atoms with Crippen LogP contribution >= 0.6 is 0 Å². The molecule has 0 N–H and O–H groups in total. The highest BCUT2D eigenvalue weighted by atomic mass is 16.5. The van der Waals surface area contributed by atoms with Crippen LogP contribution < -0.4 is 0 Å². The molecule has 0 aromatic carbocycles. The maximum Gasteiger partial charge on any atom is 0.309 e. The van der Waals surface area contributed by atoms with Gasteiger partial charge in [-0.2, -0.15) is 5.26 Å². The molecule has 0 rings (SSSR count).